The summed E-state index contributed by atoms with van der Waals surface area (Å²) in [6, 6.07) is 0. The normalized spacial score (nSPS) is 47.3. The van der Waals surface area contributed by atoms with Crippen LogP contribution in [0.1, 0.15) is 67.2 Å². The fraction of sp³-hybridized carbons (Fsp3) is 0.600. The molecule has 0 aromatic heterocycles. The summed E-state index contributed by atoms with van der Waals surface area (Å²) < 4.78 is 18.7. The highest BCUT2D eigenvalue weighted by molar-refractivity contribution is 6.09. The van der Waals surface area contributed by atoms with Gasteiger partial charge in [-0.2, -0.15) is 0 Å². The zero-order valence-electron chi connectivity index (χ0n) is 25.7. The van der Waals surface area contributed by atoms with E-state index >= 15 is 0 Å². The van der Waals surface area contributed by atoms with Crippen LogP contribution >= 0.6 is 0 Å². The summed E-state index contributed by atoms with van der Waals surface area (Å²) >= 11 is 0. The third kappa shape index (κ3) is 3.31. The molecule has 0 radical (unpaired) electrons. The Morgan fingerprint density at radius 3 is 2.53 bits per heavy atom. The van der Waals surface area contributed by atoms with Crippen molar-refractivity contribution in [2.45, 2.75) is 91.1 Å². The fourth-order valence-corrected chi connectivity index (χ4v) is 10.6. The van der Waals surface area contributed by atoms with E-state index in [0.29, 0.717) is 24.0 Å². The van der Waals surface area contributed by atoms with E-state index in [1.807, 2.05) is 53.7 Å². The van der Waals surface area contributed by atoms with Gasteiger partial charge in [0, 0.05) is 52.2 Å². The first kappa shape index (κ1) is 28.5. The summed E-state index contributed by atoms with van der Waals surface area (Å²) in [6.45, 7) is 15.3. The second-order valence-electron chi connectivity index (χ2n) is 14.8. The maximum absolute atomic E-state index is 14.7. The van der Waals surface area contributed by atoms with Crippen molar-refractivity contribution >= 4 is 23.7 Å². The molecule has 2 saturated carbocycles. The maximum atomic E-state index is 14.7. The highest BCUT2D eigenvalue weighted by atomic mass is 16.6. The summed E-state index contributed by atoms with van der Waals surface area (Å²) in [5.74, 6) is -3.21. The molecule has 2 bridgehead atoms. The standard InChI is InChI=1S/C35H40O8/c1-16(2)12-23(37)41-22-14-18(4)24-21(36)13-17(3)25(24)28-26(22)35(31(39)43-28)15-34-11-10-32(35,6)29(34)27-20(8-9-33(34,7)40)19(5)30(38)42-27/h10-13,20,22,25-29,40H,5,8-9,14-15H2,1-4,6-7H3/t20-,22-,25-,26+,27-,28+,29-,32+,33+,34-,35?/m0/s1. The summed E-state index contributed by atoms with van der Waals surface area (Å²) in [7, 11) is 0. The maximum Gasteiger partial charge on any atom is 0.334 e. The van der Waals surface area contributed by atoms with Gasteiger partial charge in [0.25, 0.3) is 0 Å². The van der Waals surface area contributed by atoms with Gasteiger partial charge < -0.3 is 19.3 Å². The zero-order chi connectivity index (χ0) is 31.0. The van der Waals surface area contributed by atoms with Crippen molar-refractivity contribution in [3.8, 4) is 0 Å². The van der Waals surface area contributed by atoms with E-state index in [1.54, 1.807) is 6.08 Å². The van der Waals surface area contributed by atoms with Gasteiger partial charge in [-0.15, -0.1) is 0 Å². The highest BCUT2D eigenvalue weighted by Crippen LogP contribution is 2.80. The molecule has 228 valence electrons. The Morgan fingerprint density at radius 1 is 1.12 bits per heavy atom. The third-order valence-electron chi connectivity index (χ3n) is 12.4. The van der Waals surface area contributed by atoms with Gasteiger partial charge in [-0.3, -0.25) is 9.59 Å². The molecule has 43 heavy (non-hydrogen) atoms. The Kier molecular flexibility index (Phi) is 5.75. The molecule has 1 spiro atoms. The van der Waals surface area contributed by atoms with Crippen LogP contribution in [0.2, 0.25) is 0 Å². The number of hydrogen-bond acceptors (Lipinski definition) is 8. The van der Waals surface area contributed by atoms with E-state index in [2.05, 4.69) is 6.58 Å². The lowest BCUT2D eigenvalue weighted by Gasteiger charge is -2.46. The molecule has 5 aliphatic carbocycles. The van der Waals surface area contributed by atoms with Crippen LogP contribution in [0.4, 0.5) is 0 Å². The van der Waals surface area contributed by atoms with Crippen LogP contribution in [-0.4, -0.2) is 52.7 Å². The molecular weight excluding hydrogens is 548 g/mol. The average Bonchev–Trinajstić information content (AvgIpc) is 3.57. The molecule has 2 heterocycles. The van der Waals surface area contributed by atoms with Crippen LogP contribution < -0.4 is 0 Å². The minimum Gasteiger partial charge on any atom is -0.460 e. The van der Waals surface area contributed by atoms with Crippen LogP contribution in [0.3, 0.4) is 0 Å². The van der Waals surface area contributed by atoms with Crippen LogP contribution in [0.25, 0.3) is 0 Å². The van der Waals surface area contributed by atoms with Gasteiger partial charge in [0.05, 0.1) is 16.9 Å². The van der Waals surface area contributed by atoms with Gasteiger partial charge in [-0.25, -0.2) is 9.59 Å². The van der Waals surface area contributed by atoms with E-state index in [0.717, 1.165) is 16.7 Å². The van der Waals surface area contributed by atoms with Crippen molar-refractivity contribution in [1.82, 2.24) is 0 Å². The number of ether oxygens (including phenoxy) is 3. The Labute approximate surface area is 251 Å². The van der Waals surface area contributed by atoms with Crippen molar-refractivity contribution in [3.05, 3.63) is 58.7 Å². The quantitative estimate of drug-likeness (QED) is 0.217. The molecule has 2 aliphatic heterocycles. The molecule has 7 rings (SSSR count). The number of aliphatic hydroxyl groups is 1. The van der Waals surface area contributed by atoms with E-state index in [1.165, 1.54) is 6.08 Å². The lowest BCUT2D eigenvalue weighted by molar-refractivity contribution is -0.159. The predicted molar refractivity (Wildman–Crippen MR) is 155 cm³/mol. The lowest BCUT2D eigenvalue weighted by Crippen LogP contribution is -2.53. The SMILES string of the molecule is C=C1C(=O)O[C@@H]2[C@@H]3[C@@]4(C=C[C@@]3(C)C3(C4)C(=O)O[C@@H]4[C@H]5C(C)=CC(=O)C5=C(C)C[C@H](OC(=O)C=C(C)C)[C@H]43)[C@](C)(O)CC[C@@H]12. The van der Waals surface area contributed by atoms with E-state index in [-0.39, 0.29) is 24.5 Å². The van der Waals surface area contributed by atoms with Crippen molar-refractivity contribution in [3.63, 3.8) is 0 Å². The number of esters is 3. The number of carbonyl (C=O) groups excluding carboxylic acids is 4. The smallest absolute Gasteiger partial charge is 0.334 e. The number of rotatable bonds is 2. The first-order chi connectivity index (χ1) is 20.1. The van der Waals surface area contributed by atoms with Crippen molar-refractivity contribution < 1.29 is 38.5 Å². The summed E-state index contributed by atoms with van der Waals surface area (Å²) in [4.78, 5) is 54.0. The zero-order valence-corrected chi connectivity index (χ0v) is 25.7. The van der Waals surface area contributed by atoms with Crippen LogP contribution in [0, 0.1) is 39.9 Å². The summed E-state index contributed by atoms with van der Waals surface area (Å²) in [5, 5.41) is 12.3. The molecule has 2 saturated heterocycles. The predicted octanol–water partition coefficient (Wildman–Crippen LogP) is 4.48. The Morgan fingerprint density at radius 2 is 1.84 bits per heavy atom. The van der Waals surface area contributed by atoms with Crippen molar-refractivity contribution in [2.24, 2.45) is 39.9 Å². The Bertz CT molecular complexity index is 1540. The topological polar surface area (TPSA) is 116 Å². The summed E-state index contributed by atoms with van der Waals surface area (Å²) in [6.07, 6.45) is 6.57. The van der Waals surface area contributed by atoms with Gasteiger partial charge in [-0.05, 0) is 60.0 Å². The monoisotopic (exact) mass is 588 g/mol. The third-order valence-corrected chi connectivity index (χ3v) is 12.4. The second-order valence-corrected chi connectivity index (χ2v) is 14.8. The largest absolute Gasteiger partial charge is 0.460 e. The first-order valence-electron chi connectivity index (χ1n) is 15.4. The minimum absolute atomic E-state index is 0.100. The van der Waals surface area contributed by atoms with Crippen molar-refractivity contribution in [1.29, 1.82) is 0 Å². The van der Waals surface area contributed by atoms with Gasteiger partial charge in [0.15, 0.2) is 5.78 Å². The Hall–Kier alpha value is -3.26. The van der Waals surface area contributed by atoms with E-state index in [9.17, 15) is 24.3 Å². The molecule has 0 aromatic rings. The van der Waals surface area contributed by atoms with E-state index in [4.69, 9.17) is 14.2 Å². The number of ketones is 1. The molecular formula is C35H40O8. The van der Waals surface area contributed by atoms with Gasteiger partial charge >= 0.3 is 17.9 Å². The molecule has 11 atom stereocenters. The molecule has 8 heteroatoms. The molecule has 1 unspecified atom stereocenters. The van der Waals surface area contributed by atoms with Gasteiger partial charge in [0.1, 0.15) is 18.3 Å². The lowest BCUT2D eigenvalue weighted by atomic mass is 9.54. The number of carbonyl (C=O) groups is 4. The first-order valence-corrected chi connectivity index (χ1v) is 15.4. The van der Waals surface area contributed by atoms with Crippen molar-refractivity contribution in [2.75, 3.05) is 0 Å². The fourth-order valence-electron chi connectivity index (χ4n) is 10.6. The second kappa shape index (κ2) is 8.68. The number of allylic oxidation sites excluding steroid dienone is 3. The number of fused-ring (bicyclic) bond motifs is 6. The molecule has 7 aliphatic rings. The van der Waals surface area contributed by atoms with Crippen LogP contribution in [-0.2, 0) is 33.4 Å². The molecule has 1 N–H and O–H groups in total. The summed E-state index contributed by atoms with van der Waals surface area (Å²) in [5.41, 5.74) is -0.796. The molecule has 0 amide bonds. The molecule has 0 aromatic carbocycles. The van der Waals surface area contributed by atoms with Crippen LogP contribution in [0.5, 0.6) is 0 Å². The highest BCUT2D eigenvalue weighted by Gasteiger charge is 2.84. The van der Waals surface area contributed by atoms with Crippen LogP contribution in [0.15, 0.2) is 58.7 Å². The Balaban J connectivity index is 1.44. The number of hydrogen-bond donors (Lipinski definition) is 1. The average molecular weight is 589 g/mol. The van der Waals surface area contributed by atoms with Gasteiger partial charge in [-0.1, -0.05) is 42.4 Å². The molecule has 4 fully saturated rings. The molecule has 8 nitrogen and oxygen atoms in total. The minimum atomic E-state index is -1.22. The van der Waals surface area contributed by atoms with Gasteiger partial charge in [0.2, 0.25) is 0 Å². The van der Waals surface area contributed by atoms with E-state index < -0.39 is 75.8 Å².